The molecular weight excluding hydrogens is 112 g/mol. The van der Waals surface area contributed by atoms with Gasteiger partial charge < -0.3 is 4.74 Å². The minimum absolute atomic E-state index is 0.788. The molecular formula is C8H14O. The molecule has 0 N–H and O–H groups in total. The predicted octanol–water partition coefficient (Wildman–Crippen LogP) is 1.97. The topological polar surface area (TPSA) is 9.23 Å². The van der Waals surface area contributed by atoms with Crippen molar-refractivity contribution in [1.82, 2.24) is 0 Å². The summed E-state index contributed by atoms with van der Waals surface area (Å²) in [4.78, 5) is 0. The van der Waals surface area contributed by atoms with E-state index in [9.17, 15) is 0 Å². The summed E-state index contributed by atoms with van der Waals surface area (Å²) >= 11 is 0. The lowest BCUT2D eigenvalue weighted by atomic mass is 9.98. The highest BCUT2D eigenvalue weighted by atomic mass is 16.5. The van der Waals surface area contributed by atoms with Crippen molar-refractivity contribution >= 4 is 0 Å². The molecule has 1 spiro atoms. The number of hydrogen-bond acceptors (Lipinski definition) is 1. The average Bonchev–Trinajstić information content (AvgIpc) is 2.64. The zero-order chi connectivity index (χ0) is 6.16. The van der Waals surface area contributed by atoms with Crippen molar-refractivity contribution in [1.29, 1.82) is 0 Å². The largest absolute Gasteiger partial charge is 0.381 e. The highest BCUT2D eigenvalue weighted by molar-refractivity contribution is 4.93. The molecule has 0 amide bonds. The lowest BCUT2D eigenvalue weighted by Gasteiger charge is -2.07. The normalized spacial score (nSPS) is 32.0. The zero-order valence-electron chi connectivity index (χ0n) is 5.86. The molecule has 2 aliphatic rings. The van der Waals surface area contributed by atoms with E-state index < -0.39 is 0 Å². The van der Waals surface area contributed by atoms with Crippen LogP contribution in [-0.4, -0.2) is 13.2 Å². The number of hydrogen-bond donors (Lipinski definition) is 0. The smallest absolute Gasteiger partial charge is 0.0471 e. The third kappa shape index (κ3) is 1.11. The van der Waals surface area contributed by atoms with Crippen LogP contribution >= 0.6 is 0 Å². The second-order valence-electron chi connectivity index (χ2n) is 3.47. The van der Waals surface area contributed by atoms with Crippen molar-refractivity contribution in [3.8, 4) is 0 Å². The van der Waals surface area contributed by atoms with Crippen molar-refractivity contribution in [3.63, 3.8) is 0 Å². The van der Waals surface area contributed by atoms with Gasteiger partial charge in [0.2, 0.25) is 0 Å². The highest BCUT2D eigenvalue weighted by Gasteiger charge is 2.41. The van der Waals surface area contributed by atoms with Gasteiger partial charge in [0.1, 0.15) is 0 Å². The molecule has 0 radical (unpaired) electrons. The Balaban J connectivity index is 1.92. The molecule has 2 rings (SSSR count). The van der Waals surface area contributed by atoms with Crippen LogP contribution < -0.4 is 0 Å². The quantitative estimate of drug-likeness (QED) is 0.482. The Kier molecular flexibility index (Phi) is 1.26. The first-order valence-corrected chi connectivity index (χ1v) is 3.99. The monoisotopic (exact) mass is 126 g/mol. The minimum atomic E-state index is 0.788. The van der Waals surface area contributed by atoms with Gasteiger partial charge in [-0.3, -0.25) is 0 Å². The molecule has 1 saturated heterocycles. The summed E-state index contributed by atoms with van der Waals surface area (Å²) in [5.41, 5.74) is 0.788. The molecule has 1 heterocycles. The van der Waals surface area contributed by atoms with Gasteiger partial charge in [-0.2, -0.15) is 0 Å². The fourth-order valence-electron chi connectivity index (χ4n) is 1.74. The van der Waals surface area contributed by atoms with E-state index in [2.05, 4.69) is 0 Å². The zero-order valence-corrected chi connectivity index (χ0v) is 5.86. The second-order valence-corrected chi connectivity index (χ2v) is 3.47. The van der Waals surface area contributed by atoms with Crippen molar-refractivity contribution in [2.45, 2.75) is 32.1 Å². The van der Waals surface area contributed by atoms with E-state index in [1.54, 1.807) is 0 Å². The van der Waals surface area contributed by atoms with Crippen LogP contribution in [0.3, 0.4) is 0 Å². The summed E-state index contributed by atoms with van der Waals surface area (Å²) < 4.78 is 5.37. The predicted molar refractivity (Wildman–Crippen MR) is 36.3 cm³/mol. The second kappa shape index (κ2) is 1.98. The van der Waals surface area contributed by atoms with E-state index in [-0.39, 0.29) is 0 Å². The summed E-state index contributed by atoms with van der Waals surface area (Å²) in [6, 6.07) is 0. The van der Waals surface area contributed by atoms with E-state index in [1.165, 1.54) is 32.1 Å². The maximum atomic E-state index is 5.37. The molecule has 9 heavy (non-hydrogen) atoms. The van der Waals surface area contributed by atoms with Gasteiger partial charge in [-0.15, -0.1) is 0 Å². The molecule has 52 valence electrons. The summed E-state index contributed by atoms with van der Waals surface area (Å²) in [6.45, 7) is 2.04. The van der Waals surface area contributed by atoms with E-state index in [1.807, 2.05) is 0 Å². The van der Waals surface area contributed by atoms with Crippen LogP contribution in [0.25, 0.3) is 0 Å². The van der Waals surface area contributed by atoms with Gasteiger partial charge in [-0.1, -0.05) is 0 Å². The van der Waals surface area contributed by atoms with Gasteiger partial charge in [-0.25, -0.2) is 0 Å². The molecule has 1 nitrogen and oxygen atoms in total. The first-order valence-electron chi connectivity index (χ1n) is 3.99. The van der Waals surface area contributed by atoms with Crippen LogP contribution in [0.4, 0.5) is 0 Å². The Bertz CT molecular complexity index is 95.1. The third-order valence-corrected chi connectivity index (χ3v) is 2.73. The highest BCUT2D eigenvalue weighted by Crippen LogP contribution is 2.53. The van der Waals surface area contributed by atoms with Crippen molar-refractivity contribution < 1.29 is 4.74 Å². The van der Waals surface area contributed by atoms with Crippen LogP contribution in [0.5, 0.6) is 0 Å². The molecule has 1 saturated carbocycles. The fourth-order valence-corrected chi connectivity index (χ4v) is 1.74. The van der Waals surface area contributed by atoms with Crippen LogP contribution in [0, 0.1) is 5.41 Å². The van der Waals surface area contributed by atoms with Crippen LogP contribution in [0.1, 0.15) is 32.1 Å². The Hall–Kier alpha value is -0.0400. The van der Waals surface area contributed by atoms with Crippen LogP contribution in [-0.2, 0) is 4.74 Å². The van der Waals surface area contributed by atoms with Gasteiger partial charge in [0, 0.05) is 13.2 Å². The standard InChI is InChI=1S/C8H14O/c1-2-8(3-4-8)5-7-9-6-1/h1-7H2. The SMILES string of the molecule is C1COCCC2(C1)CC2. The lowest BCUT2D eigenvalue weighted by molar-refractivity contribution is 0.140. The minimum Gasteiger partial charge on any atom is -0.381 e. The van der Waals surface area contributed by atoms with E-state index in [4.69, 9.17) is 4.74 Å². The summed E-state index contributed by atoms with van der Waals surface area (Å²) in [5.74, 6) is 0. The van der Waals surface area contributed by atoms with Gasteiger partial charge >= 0.3 is 0 Å². The number of rotatable bonds is 0. The van der Waals surface area contributed by atoms with Crippen LogP contribution in [0.2, 0.25) is 0 Å². The maximum Gasteiger partial charge on any atom is 0.0471 e. The summed E-state index contributed by atoms with van der Waals surface area (Å²) in [6.07, 6.45) is 7.05. The maximum absolute atomic E-state index is 5.37. The molecule has 0 bridgehead atoms. The molecule has 2 fully saturated rings. The Morgan fingerprint density at radius 3 is 2.56 bits per heavy atom. The molecule has 0 aromatic heterocycles. The van der Waals surface area contributed by atoms with Gasteiger partial charge in [0.25, 0.3) is 0 Å². The van der Waals surface area contributed by atoms with E-state index >= 15 is 0 Å². The number of ether oxygens (including phenoxy) is 1. The summed E-state index contributed by atoms with van der Waals surface area (Å²) in [5, 5.41) is 0. The molecule has 0 aromatic carbocycles. The Labute approximate surface area is 56.4 Å². The Morgan fingerprint density at radius 1 is 0.889 bits per heavy atom. The van der Waals surface area contributed by atoms with Gasteiger partial charge in [0.05, 0.1) is 0 Å². The molecule has 1 heteroatoms. The fraction of sp³-hybridized carbons (Fsp3) is 1.00. The Morgan fingerprint density at radius 2 is 1.78 bits per heavy atom. The van der Waals surface area contributed by atoms with Crippen molar-refractivity contribution in [2.75, 3.05) is 13.2 Å². The molecule has 0 aromatic rings. The molecule has 0 atom stereocenters. The van der Waals surface area contributed by atoms with E-state index in [0.717, 1.165) is 18.6 Å². The molecule has 1 aliphatic heterocycles. The van der Waals surface area contributed by atoms with E-state index in [0.29, 0.717) is 0 Å². The van der Waals surface area contributed by atoms with Gasteiger partial charge in [0.15, 0.2) is 0 Å². The van der Waals surface area contributed by atoms with Gasteiger partial charge in [-0.05, 0) is 37.5 Å². The third-order valence-electron chi connectivity index (χ3n) is 2.73. The molecule has 0 unspecified atom stereocenters. The summed E-state index contributed by atoms with van der Waals surface area (Å²) in [7, 11) is 0. The first kappa shape index (κ1) is 5.72. The first-order chi connectivity index (χ1) is 4.41. The van der Waals surface area contributed by atoms with Crippen molar-refractivity contribution in [2.24, 2.45) is 5.41 Å². The average molecular weight is 126 g/mol. The van der Waals surface area contributed by atoms with Crippen molar-refractivity contribution in [3.05, 3.63) is 0 Å². The van der Waals surface area contributed by atoms with Crippen LogP contribution in [0.15, 0.2) is 0 Å². The molecule has 1 aliphatic carbocycles. The lowest BCUT2D eigenvalue weighted by Crippen LogP contribution is -1.99.